The lowest BCUT2D eigenvalue weighted by Gasteiger charge is -2.09. The van der Waals surface area contributed by atoms with Crippen LogP contribution in [0.4, 0.5) is 10.1 Å². The van der Waals surface area contributed by atoms with Crippen molar-refractivity contribution in [2.45, 2.75) is 13.8 Å². The number of aromatic nitrogens is 1. The predicted octanol–water partition coefficient (Wildman–Crippen LogP) is 5.64. The van der Waals surface area contributed by atoms with E-state index in [9.17, 15) is 4.39 Å². The van der Waals surface area contributed by atoms with Gasteiger partial charge in [-0.3, -0.25) is 4.99 Å². The summed E-state index contributed by atoms with van der Waals surface area (Å²) >= 11 is 5.95. The Labute approximate surface area is 139 Å². The predicted molar refractivity (Wildman–Crippen MR) is 93.9 cm³/mol. The lowest BCUT2D eigenvalue weighted by molar-refractivity contribution is 0.628. The molecule has 0 atom stereocenters. The molecule has 2 nitrogen and oxygen atoms in total. The number of nitrogens with zero attached hydrogens (tertiary/aromatic N) is 2. The second-order valence-corrected chi connectivity index (χ2v) is 5.81. The average Bonchev–Trinajstić information content (AvgIpc) is 2.81. The first kappa shape index (κ1) is 15.5. The second-order valence-electron chi connectivity index (χ2n) is 5.38. The van der Waals surface area contributed by atoms with Gasteiger partial charge in [0.2, 0.25) is 0 Å². The second kappa shape index (κ2) is 6.39. The van der Waals surface area contributed by atoms with E-state index in [0.717, 1.165) is 22.6 Å². The third-order valence-corrected chi connectivity index (χ3v) is 3.97. The summed E-state index contributed by atoms with van der Waals surface area (Å²) in [7, 11) is 0. The lowest BCUT2D eigenvalue weighted by Crippen LogP contribution is -1.99. The van der Waals surface area contributed by atoms with E-state index in [1.54, 1.807) is 18.3 Å². The zero-order valence-electron chi connectivity index (χ0n) is 12.9. The number of aryl methyl sites for hydroxylation is 1. The molecule has 0 bridgehead atoms. The number of hydrogen-bond acceptors (Lipinski definition) is 1. The molecule has 0 saturated heterocycles. The first-order chi connectivity index (χ1) is 11.0. The third-order valence-electron chi connectivity index (χ3n) is 3.72. The summed E-state index contributed by atoms with van der Waals surface area (Å²) in [6.07, 6.45) is 1.77. The smallest absolute Gasteiger partial charge is 0.125 e. The summed E-state index contributed by atoms with van der Waals surface area (Å²) in [5, 5.41) is 0.712. The Bertz CT molecular complexity index is 864. The molecule has 0 spiro atoms. The van der Waals surface area contributed by atoms with Gasteiger partial charge in [0.25, 0.3) is 0 Å². The molecular formula is C19H16ClFN2. The van der Waals surface area contributed by atoms with Crippen molar-refractivity contribution in [1.29, 1.82) is 0 Å². The molecule has 0 saturated carbocycles. The highest BCUT2D eigenvalue weighted by molar-refractivity contribution is 6.30. The summed E-state index contributed by atoms with van der Waals surface area (Å²) in [5.74, 6) is -0.286. The summed E-state index contributed by atoms with van der Waals surface area (Å²) in [6, 6.07) is 16.0. The van der Waals surface area contributed by atoms with Crippen molar-refractivity contribution in [3.63, 3.8) is 0 Å². The SMILES string of the molecule is Cc1cc(C=Nc2cccc(F)c2)c(C)n1-c1ccc(Cl)cc1. The summed E-state index contributed by atoms with van der Waals surface area (Å²) in [5.41, 5.74) is 4.83. The molecule has 3 aromatic rings. The van der Waals surface area contributed by atoms with Gasteiger partial charge in [0.15, 0.2) is 0 Å². The summed E-state index contributed by atoms with van der Waals surface area (Å²) < 4.78 is 15.3. The monoisotopic (exact) mass is 326 g/mol. The van der Waals surface area contributed by atoms with Gasteiger partial charge >= 0.3 is 0 Å². The number of benzene rings is 2. The standard InChI is InChI=1S/C19H16ClFN2/c1-13-10-15(12-22-18-5-3-4-17(21)11-18)14(2)23(13)19-8-6-16(20)7-9-19/h3-12H,1-2H3. The maximum atomic E-state index is 13.2. The van der Waals surface area contributed by atoms with Gasteiger partial charge in [0, 0.05) is 33.9 Å². The number of rotatable bonds is 3. The molecule has 1 heterocycles. The fourth-order valence-corrected chi connectivity index (χ4v) is 2.73. The normalized spacial score (nSPS) is 11.3. The Balaban J connectivity index is 1.96. The van der Waals surface area contributed by atoms with Gasteiger partial charge in [0.1, 0.15) is 5.82 Å². The summed E-state index contributed by atoms with van der Waals surface area (Å²) in [6.45, 7) is 4.08. The zero-order chi connectivity index (χ0) is 16.4. The number of halogens is 2. The molecular weight excluding hydrogens is 311 g/mol. The van der Waals surface area contributed by atoms with Crippen molar-refractivity contribution in [1.82, 2.24) is 4.57 Å². The minimum Gasteiger partial charge on any atom is -0.318 e. The number of hydrogen-bond donors (Lipinski definition) is 0. The average molecular weight is 327 g/mol. The highest BCUT2D eigenvalue weighted by Gasteiger charge is 2.09. The van der Waals surface area contributed by atoms with Crippen molar-refractivity contribution in [2.75, 3.05) is 0 Å². The fraction of sp³-hybridized carbons (Fsp3) is 0.105. The summed E-state index contributed by atoms with van der Waals surface area (Å²) in [4.78, 5) is 4.36. The molecule has 0 aliphatic heterocycles. The van der Waals surface area contributed by atoms with Crippen LogP contribution in [0.25, 0.3) is 5.69 Å². The molecule has 0 fully saturated rings. The molecule has 0 radical (unpaired) electrons. The van der Waals surface area contributed by atoms with Crippen LogP contribution in [0, 0.1) is 19.7 Å². The maximum absolute atomic E-state index is 13.2. The lowest BCUT2D eigenvalue weighted by atomic mass is 10.2. The Kier molecular flexibility index (Phi) is 4.30. The van der Waals surface area contributed by atoms with Crippen molar-refractivity contribution in [2.24, 2.45) is 4.99 Å². The molecule has 0 unspecified atom stereocenters. The van der Waals surface area contributed by atoms with Gasteiger partial charge in [-0.2, -0.15) is 0 Å². The van der Waals surface area contributed by atoms with Gasteiger partial charge in [-0.1, -0.05) is 17.7 Å². The zero-order valence-corrected chi connectivity index (χ0v) is 13.7. The van der Waals surface area contributed by atoms with E-state index >= 15 is 0 Å². The van der Waals surface area contributed by atoms with E-state index in [0.29, 0.717) is 10.7 Å². The van der Waals surface area contributed by atoms with Crippen LogP contribution >= 0.6 is 11.6 Å². The first-order valence-electron chi connectivity index (χ1n) is 7.29. The highest BCUT2D eigenvalue weighted by Crippen LogP contribution is 2.22. The molecule has 3 rings (SSSR count). The largest absolute Gasteiger partial charge is 0.318 e. The van der Waals surface area contributed by atoms with Crippen molar-refractivity contribution < 1.29 is 4.39 Å². The highest BCUT2D eigenvalue weighted by atomic mass is 35.5. The van der Waals surface area contributed by atoms with Crippen LogP contribution in [0.5, 0.6) is 0 Å². The van der Waals surface area contributed by atoms with Crippen LogP contribution in [0.15, 0.2) is 59.6 Å². The van der Waals surface area contributed by atoms with E-state index in [1.807, 2.05) is 38.1 Å². The van der Waals surface area contributed by atoms with Gasteiger partial charge < -0.3 is 4.57 Å². The van der Waals surface area contributed by atoms with E-state index in [1.165, 1.54) is 12.1 Å². The van der Waals surface area contributed by atoms with Crippen LogP contribution in [0.1, 0.15) is 17.0 Å². The molecule has 23 heavy (non-hydrogen) atoms. The molecule has 0 N–H and O–H groups in total. The molecule has 4 heteroatoms. The van der Waals surface area contributed by atoms with E-state index in [4.69, 9.17) is 11.6 Å². The Morgan fingerprint density at radius 3 is 2.48 bits per heavy atom. The van der Waals surface area contributed by atoms with E-state index < -0.39 is 0 Å². The van der Waals surface area contributed by atoms with Gasteiger partial charge in [-0.25, -0.2) is 4.39 Å². The Morgan fingerprint density at radius 2 is 1.78 bits per heavy atom. The molecule has 1 aromatic heterocycles. The molecule has 0 aliphatic carbocycles. The van der Waals surface area contributed by atoms with Crippen LogP contribution in [0.2, 0.25) is 5.02 Å². The third kappa shape index (κ3) is 3.35. The Morgan fingerprint density at radius 1 is 1.04 bits per heavy atom. The minimum atomic E-state index is -0.286. The van der Waals surface area contributed by atoms with Crippen molar-refractivity contribution >= 4 is 23.5 Å². The quantitative estimate of drug-likeness (QED) is 0.554. The molecule has 0 aliphatic rings. The van der Waals surface area contributed by atoms with Gasteiger partial charge in [-0.15, -0.1) is 0 Å². The van der Waals surface area contributed by atoms with Crippen molar-refractivity contribution in [3.05, 3.63) is 82.4 Å². The van der Waals surface area contributed by atoms with Crippen molar-refractivity contribution in [3.8, 4) is 5.69 Å². The number of aliphatic imine (C=N–C) groups is 1. The minimum absolute atomic E-state index is 0.286. The molecule has 116 valence electrons. The van der Waals surface area contributed by atoms with Crippen LogP contribution < -0.4 is 0 Å². The van der Waals surface area contributed by atoms with Gasteiger partial charge in [-0.05, 0) is 62.4 Å². The molecule has 0 amide bonds. The maximum Gasteiger partial charge on any atom is 0.125 e. The van der Waals surface area contributed by atoms with Crippen LogP contribution in [-0.4, -0.2) is 10.8 Å². The molecule has 2 aromatic carbocycles. The van der Waals surface area contributed by atoms with Crippen LogP contribution in [-0.2, 0) is 0 Å². The fourth-order valence-electron chi connectivity index (χ4n) is 2.61. The first-order valence-corrected chi connectivity index (χ1v) is 7.67. The van der Waals surface area contributed by atoms with Crippen LogP contribution in [0.3, 0.4) is 0 Å². The van der Waals surface area contributed by atoms with Gasteiger partial charge in [0.05, 0.1) is 5.69 Å². The Hall–Kier alpha value is -2.39. The van der Waals surface area contributed by atoms with E-state index in [2.05, 4.69) is 15.6 Å². The topological polar surface area (TPSA) is 17.3 Å². The van der Waals surface area contributed by atoms with E-state index in [-0.39, 0.29) is 5.82 Å².